The van der Waals surface area contributed by atoms with Crippen LogP contribution < -0.4 is 5.32 Å². The molecule has 0 atom stereocenters. The lowest BCUT2D eigenvalue weighted by atomic mass is 9.78. The van der Waals surface area contributed by atoms with E-state index >= 15 is 0 Å². The van der Waals surface area contributed by atoms with Gasteiger partial charge in [0.2, 0.25) is 0 Å². The number of hydrogen-bond donors (Lipinski definition) is 1. The van der Waals surface area contributed by atoms with Crippen LogP contribution in [-0.2, 0) is 0 Å². The molecule has 0 saturated heterocycles. The van der Waals surface area contributed by atoms with E-state index < -0.39 is 0 Å². The number of amides is 1. The second kappa shape index (κ2) is 6.60. The van der Waals surface area contributed by atoms with Gasteiger partial charge in [-0.2, -0.15) is 0 Å². The van der Waals surface area contributed by atoms with Gasteiger partial charge in [0.1, 0.15) is 5.82 Å². The van der Waals surface area contributed by atoms with Crippen molar-refractivity contribution in [1.29, 1.82) is 0 Å². The molecule has 1 aromatic carbocycles. The molecule has 0 unspecified atom stereocenters. The quantitative estimate of drug-likeness (QED) is 0.584. The zero-order valence-electron chi connectivity index (χ0n) is 11.4. The number of nitrogens with one attached hydrogen (secondary N) is 1. The van der Waals surface area contributed by atoms with Crippen LogP contribution in [0.5, 0.6) is 0 Å². The fourth-order valence-electron chi connectivity index (χ4n) is 2.59. The van der Waals surface area contributed by atoms with Crippen molar-refractivity contribution in [1.82, 2.24) is 5.32 Å². The van der Waals surface area contributed by atoms with E-state index in [4.69, 9.17) is 11.6 Å². The van der Waals surface area contributed by atoms with Gasteiger partial charge >= 0.3 is 0 Å². The smallest absolute Gasteiger partial charge is 0.252 e. The Morgan fingerprint density at radius 2 is 2.15 bits per heavy atom. The standard InChI is InChI=1S/C15H18ClFINO/c1-10-4-6-15(9-16,7-5-10)19-14(20)12-3-2-11(17)8-13(12)18/h2-3,8,10H,4-7,9H2,1H3,(H,19,20). The van der Waals surface area contributed by atoms with Crippen LogP contribution in [0.4, 0.5) is 4.39 Å². The third-order valence-corrected chi connectivity index (χ3v) is 5.45. The maximum absolute atomic E-state index is 13.1. The van der Waals surface area contributed by atoms with E-state index in [1.807, 2.05) is 22.6 Å². The average Bonchev–Trinajstić information content (AvgIpc) is 2.41. The van der Waals surface area contributed by atoms with E-state index in [9.17, 15) is 9.18 Å². The molecule has 1 N–H and O–H groups in total. The zero-order valence-corrected chi connectivity index (χ0v) is 14.3. The van der Waals surface area contributed by atoms with Crippen LogP contribution in [-0.4, -0.2) is 17.3 Å². The van der Waals surface area contributed by atoms with Gasteiger partial charge in [0, 0.05) is 9.45 Å². The molecule has 5 heteroatoms. The van der Waals surface area contributed by atoms with Gasteiger partial charge in [0.15, 0.2) is 0 Å². The van der Waals surface area contributed by atoms with Crippen LogP contribution in [0.1, 0.15) is 43.0 Å². The maximum atomic E-state index is 13.1. The molecular weight excluding hydrogens is 392 g/mol. The summed E-state index contributed by atoms with van der Waals surface area (Å²) in [6.07, 6.45) is 3.96. The summed E-state index contributed by atoms with van der Waals surface area (Å²) in [6.45, 7) is 2.23. The van der Waals surface area contributed by atoms with Crippen molar-refractivity contribution >= 4 is 40.1 Å². The number of alkyl halides is 1. The van der Waals surface area contributed by atoms with Crippen LogP contribution in [0.2, 0.25) is 0 Å². The van der Waals surface area contributed by atoms with Crippen molar-refractivity contribution in [2.75, 3.05) is 5.88 Å². The predicted octanol–water partition coefficient (Wildman–Crippen LogP) is 4.35. The Morgan fingerprint density at radius 1 is 1.50 bits per heavy atom. The lowest BCUT2D eigenvalue weighted by Gasteiger charge is -2.38. The number of carbonyl (C=O) groups is 1. The van der Waals surface area contributed by atoms with Crippen LogP contribution in [0.15, 0.2) is 18.2 Å². The molecule has 2 nitrogen and oxygen atoms in total. The summed E-state index contributed by atoms with van der Waals surface area (Å²) in [4.78, 5) is 12.4. The first-order chi connectivity index (χ1) is 9.46. The highest BCUT2D eigenvalue weighted by Crippen LogP contribution is 2.33. The Balaban J connectivity index is 2.13. The molecule has 110 valence electrons. The molecule has 20 heavy (non-hydrogen) atoms. The minimum absolute atomic E-state index is 0.162. The Kier molecular flexibility index (Phi) is 5.29. The number of carbonyl (C=O) groups excluding carboxylic acids is 1. The molecule has 1 amide bonds. The highest BCUT2D eigenvalue weighted by molar-refractivity contribution is 14.1. The summed E-state index contributed by atoms with van der Waals surface area (Å²) in [6, 6.07) is 4.21. The predicted molar refractivity (Wildman–Crippen MR) is 87.7 cm³/mol. The number of benzene rings is 1. The Labute approximate surface area is 137 Å². The highest BCUT2D eigenvalue weighted by Gasteiger charge is 2.35. The molecule has 1 aliphatic carbocycles. The van der Waals surface area contributed by atoms with E-state index in [0.29, 0.717) is 20.9 Å². The molecule has 0 aromatic heterocycles. The SMILES string of the molecule is CC1CCC(CCl)(NC(=O)c2ccc(F)cc2I)CC1. The Morgan fingerprint density at radius 3 is 2.70 bits per heavy atom. The molecule has 1 fully saturated rings. The molecule has 1 aliphatic rings. The zero-order chi connectivity index (χ0) is 14.8. The van der Waals surface area contributed by atoms with Gasteiger partial charge in [-0.05, 0) is 72.4 Å². The van der Waals surface area contributed by atoms with Crippen molar-refractivity contribution in [3.05, 3.63) is 33.1 Å². The van der Waals surface area contributed by atoms with Gasteiger partial charge in [-0.25, -0.2) is 4.39 Å². The second-order valence-electron chi connectivity index (χ2n) is 5.67. The fraction of sp³-hybridized carbons (Fsp3) is 0.533. The summed E-state index contributed by atoms with van der Waals surface area (Å²) >= 11 is 8.09. The first-order valence-corrected chi connectivity index (χ1v) is 8.41. The first-order valence-electron chi connectivity index (χ1n) is 6.79. The molecule has 2 rings (SSSR count). The second-order valence-corrected chi connectivity index (χ2v) is 7.10. The first kappa shape index (κ1) is 16.0. The molecule has 0 radical (unpaired) electrons. The number of halogens is 3. The monoisotopic (exact) mass is 409 g/mol. The van der Waals surface area contributed by atoms with Crippen molar-refractivity contribution in [3.8, 4) is 0 Å². The molecule has 0 spiro atoms. The summed E-state index contributed by atoms with van der Waals surface area (Å²) in [5, 5.41) is 3.08. The van der Waals surface area contributed by atoms with Crippen LogP contribution >= 0.6 is 34.2 Å². The normalized spacial score (nSPS) is 26.3. The number of hydrogen-bond acceptors (Lipinski definition) is 1. The third kappa shape index (κ3) is 3.64. The Hall–Kier alpha value is -0.360. The minimum atomic E-state index is -0.329. The Bertz CT molecular complexity index is 501. The minimum Gasteiger partial charge on any atom is -0.345 e. The average molecular weight is 410 g/mol. The lowest BCUT2D eigenvalue weighted by Crippen LogP contribution is -2.52. The summed E-state index contributed by atoms with van der Waals surface area (Å²) in [7, 11) is 0. The maximum Gasteiger partial charge on any atom is 0.252 e. The van der Waals surface area contributed by atoms with E-state index in [1.54, 1.807) is 0 Å². The van der Waals surface area contributed by atoms with Crippen molar-refractivity contribution in [3.63, 3.8) is 0 Å². The largest absolute Gasteiger partial charge is 0.345 e. The van der Waals surface area contributed by atoms with Gasteiger partial charge in [0.25, 0.3) is 5.91 Å². The van der Waals surface area contributed by atoms with Gasteiger partial charge in [-0.1, -0.05) is 6.92 Å². The molecule has 0 bridgehead atoms. The van der Waals surface area contributed by atoms with Crippen LogP contribution in [0.3, 0.4) is 0 Å². The summed E-state index contributed by atoms with van der Waals surface area (Å²) in [5.74, 6) is 0.617. The molecule has 0 heterocycles. The summed E-state index contributed by atoms with van der Waals surface area (Å²) < 4.78 is 13.7. The van der Waals surface area contributed by atoms with E-state index in [2.05, 4.69) is 12.2 Å². The number of rotatable bonds is 3. The van der Waals surface area contributed by atoms with Gasteiger partial charge in [-0.3, -0.25) is 4.79 Å². The topological polar surface area (TPSA) is 29.1 Å². The van der Waals surface area contributed by atoms with Crippen molar-refractivity contribution in [2.45, 2.75) is 38.1 Å². The van der Waals surface area contributed by atoms with Gasteiger partial charge in [-0.15, -0.1) is 11.6 Å². The van der Waals surface area contributed by atoms with E-state index in [0.717, 1.165) is 25.7 Å². The van der Waals surface area contributed by atoms with E-state index in [1.165, 1.54) is 18.2 Å². The fourth-order valence-corrected chi connectivity index (χ4v) is 3.64. The van der Waals surface area contributed by atoms with Gasteiger partial charge in [0.05, 0.1) is 11.1 Å². The van der Waals surface area contributed by atoms with Gasteiger partial charge < -0.3 is 5.32 Å². The van der Waals surface area contributed by atoms with Crippen LogP contribution in [0.25, 0.3) is 0 Å². The third-order valence-electron chi connectivity index (χ3n) is 4.04. The molecular formula is C15H18ClFINO. The van der Waals surface area contributed by atoms with Crippen molar-refractivity contribution in [2.24, 2.45) is 5.92 Å². The molecule has 1 aromatic rings. The molecule has 0 aliphatic heterocycles. The molecule has 1 saturated carbocycles. The highest BCUT2D eigenvalue weighted by atomic mass is 127. The van der Waals surface area contributed by atoms with Crippen molar-refractivity contribution < 1.29 is 9.18 Å². The summed E-state index contributed by atoms with van der Waals surface area (Å²) in [5.41, 5.74) is 0.193. The lowest BCUT2D eigenvalue weighted by molar-refractivity contribution is 0.0871. The van der Waals surface area contributed by atoms with Crippen LogP contribution in [0, 0.1) is 15.3 Å². The van der Waals surface area contributed by atoms with E-state index in [-0.39, 0.29) is 17.3 Å².